The van der Waals surface area contributed by atoms with Gasteiger partial charge in [0.15, 0.2) is 0 Å². The van der Waals surface area contributed by atoms with E-state index < -0.39 is 5.97 Å². The van der Waals surface area contributed by atoms with Crippen molar-refractivity contribution >= 4 is 50.7 Å². The van der Waals surface area contributed by atoms with Crippen molar-refractivity contribution in [3.63, 3.8) is 0 Å². The molecule has 102 valence electrons. The predicted molar refractivity (Wildman–Crippen MR) is 83.0 cm³/mol. The summed E-state index contributed by atoms with van der Waals surface area (Å²) < 4.78 is 4.83. The Hall–Kier alpha value is -1.49. The third-order valence-corrected chi connectivity index (χ3v) is 4.23. The molecule has 6 heteroatoms. The third kappa shape index (κ3) is 2.20. The number of benzene rings is 1. The van der Waals surface area contributed by atoms with Gasteiger partial charge in [0.05, 0.1) is 7.11 Å². The summed E-state index contributed by atoms with van der Waals surface area (Å²) in [5, 5.41) is 3.95. The van der Waals surface area contributed by atoms with Gasteiger partial charge in [0.2, 0.25) is 0 Å². The summed E-state index contributed by atoms with van der Waals surface area (Å²) in [6.45, 7) is 0. The smallest absolute Gasteiger partial charge is 0.355 e. The van der Waals surface area contributed by atoms with E-state index in [0.717, 1.165) is 21.3 Å². The molecule has 0 saturated carbocycles. The van der Waals surface area contributed by atoms with Crippen LogP contribution in [0, 0.1) is 0 Å². The maximum atomic E-state index is 11.9. The topological polar surface area (TPSA) is 42.1 Å². The van der Waals surface area contributed by atoms with Gasteiger partial charge in [-0.1, -0.05) is 23.2 Å². The SMILES string of the molecule is COC(=O)c1[nH]c2sccc2c1-c1cc(Cl)cc(Cl)c1. The van der Waals surface area contributed by atoms with E-state index in [1.807, 2.05) is 11.4 Å². The Balaban J connectivity index is 2.32. The molecule has 0 atom stereocenters. The number of hydrogen-bond donors (Lipinski definition) is 1. The molecule has 0 amide bonds. The quantitative estimate of drug-likeness (QED) is 0.674. The second-order valence-electron chi connectivity index (χ2n) is 4.19. The second kappa shape index (κ2) is 5.13. The number of H-pyrrole nitrogens is 1. The number of esters is 1. The number of hydrogen-bond acceptors (Lipinski definition) is 3. The van der Waals surface area contributed by atoms with Crippen molar-refractivity contribution in [1.29, 1.82) is 0 Å². The number of aromatic nitrogens is 1. The van der Waals surface area contributed by atoms with Crippen LogP contribution in [0.15, 0.2) is 29.6 Å². The highest BCUT2D eigenvalue weighted by atomic mass is 35.5. The monoisotopic (exact) mass is 325 g/mol. The molecule has 0 saturated heterocycles. The Bertz CT molecular complexity index is 786. The number of aromatic amines is 1. The van der Waals surface area contributed by atoms with Crippen molar-refractivity contribution in [1.82, 2.24) is 4.98 Å². The van der Waals surface area contributed by atoms with E-state index in [1.165, 1.54) is 18.4 Å². The Morgan fingerprint density at radius 1 is 1.25 bits per heavy atom. The lowest BCUT2D eigenvalue weighted by molar-refractivity contribution is 0.0596. The fourth-order valence-corrected chi connectivity index (χ4v) is 3.49. The predicted octanol–water partition coefficient (Wildman–Crippen LogP) is 4.99. The summed E-state index contributed by atoms with van der Waals surface area (Å²) in [6.07, 6.45) is 0. The molecule has 0 aliphatic rings. The maximum Gasteiger partial charge on any atom is 0.355 e. The zero-order chi connectivity index (χ0) is 14.3. The molecule has 0 radical (unpaired) electrons. The first-order chi connectivity index (χ1) is 9.60. The number of nitrogens with one attached hydrogen (secondary N) is 1. The lowest BCUT2D eigenvalue weighted by Crippen LogP contribution is -2.03. The molecular formula is C14H9Cl2NO2S. The number of ether oxygens (including phenoxy) is 1. The molecule has 0 unspecified atom stereocenters. The Morgan fingerprint density at radius 2 is 1.95 bits per heavy atom. The van der Waals surface area contributed by atoms with Crippen LogP contribution in [0.2, 0.25) is 10.0 Å². The zero-order valence-corrected chi connectivity index (χ0v) is 12.7. The minimum atomic E-state index is -0.417. The highest BCUT2D eigenvalue weighted by Gasteiger charge is 2.20. The molecule has 1 aromatic carbocycles. The molecule has 3 rings (SSSR count). The molecule has 2 aromatic heterocycles. The Kier molecular flexibility index (Phi) is 3.46. The molecule has 0 aliphatic heterocycles. The van der Waals surface area contributed by atoms with Crippen LogP contribution in [-0.4, -0.2) is 18.1 Å². The average molecular weight is 326 g/mol. The third-order valence-electron chi connectivity index (χ3n) is 2.96. The number of carbonyl (C=O) groups excluding carboxylic acids is 1. The van der Waals surface area contributed by atoms with Crippen LogP contribution in [0.3, 0.4) is 0 Å². The minimum Gasteiger partial charge on any atom is -0.464 e. The summed E-state index contributed by atoms with van der Waals surface area (Å²) >= 11 is 13.6. The number of carbonyl (C=O) groups is 1. The lowest BCUT2D eigenvalue weighted by Gasteiger charge is -2.05. The highest BCUT2D eigenvalue weighted by Crippen LogP contribution is 2.37. The number of halogens is 2. The molecule has 2 heterocycles. The van der Waals surface area contributed by atoms with E-state index in [4.69, 9.17) is 27.9 Å². The van der Waals surface area contributed by atoms with E-state index in [2.05, 4.69) is 4.98 Å². The van der Waals surface area contributed by atoms with Gasteiger partial charge in [0.25, 0.3) is 0 Å². The molecule has 1 N–H and O–H groups in total. The van der Waals surface area contributed by atoms with Gasteiger partial charge in [-0.3, -0.25) is 0 Å². The number of thiophene rings is 1. The summed E-state index contributed by atoms with van der Waals surface area (Å²) in [5.74, 6) is -0.417. The van der Waals surface area contributed by atoms with Crippen molar-refractivity contribution in [3.8, 4) is 11.1 Å². The van der Waals surface area contributed by atoms with Gasteiger partial charge in [-0.15, -0.1) is 11.3 Å². The van der Waals surface area contributed by atoms with Crippen molar-refractivity contribution in [2.45, 2.75) is 0 Å². The normalized spacial score (nSPS) is 10.9. The molecule has 0 fully saturated rings. The summed E-state index contributed by atoms with van der Waals surface area (Å²) in [4.78, 5) is 15.9. The first kappa shape index (κ1) is 13.5. The van der Waals surface area contributed by atoms with E-state index in [1.54, 1.807) is 18.2 Å². The van der Waals surface area contributed by atoms with Crippen LogP contribution in [-0.2, 0) is 4.74 Å². The number of methoxy groups -OCH3 is 1. The molecule has 3 nitrogen and oxygen atoms in total. The van der Waals surface area contributed by atoms with Gasteiger partial charge in [-0.25, -0.2) is 4.79 Å². The number of rotatable bonds is 2. The van der Waals surface area contributed by atoms with E-state index in [9.17, 15) is 4.79 Å². The zero-order valence-electron chi connectivity index (χ0n) is 10.4. The molecule has 0 bridgehead atoms. The Labute approximate surface area is 129 Å². The summed E-state index contributed by atoms with van der Waals surface area (Å²) in [5.41, 5.74) is 1.96. The summed E-state index contributed by atoms with van der Waals surface area (Å²) in [6, 6.07) is 7.16. The molecule has 3 aromatic rings. The van der Waals surface area contributed by atoms with E-state index in [0.29, 0.717) is 15.7 Å². The minimum absolute atomic E-state index is 0.410. The van der Waals surface area contributed by atoms with Gasteiger partial charge >= 0.3 is 5.97 Å². The lowest BCUT2D eigenvalue weighted by atomic mass is 10.0. The van der Waals surface area contributed by atoms with E-state index in [-0.39, 0.29) is 0 Å². The standard InChI is InChI=1S/C14H9Cl2NO2S/c1-19-14(18)12-11(10-2-3-20-13(10)17-12)7-4-8(15)6-9(16)5-7/h2-6,17H,1H3. The largest absolute Gasteiger partial charge is 0.464 e. The second-order valence-corrected chi connectivity index (χ2v) is 5.98. The first-order valence-electron chi connectivity index (χ1n) is 5.74. The van der Waals surface area contributed by atoms with Gasteiger partial charge in [-0.2, -0.15) is 0 Å². The fourth-order valence-electron chi connectivity index (χ4n) is 2.17. The van der Waals surface area contributed by atoms with Crippen LogP contribution in [0.1, 0.15) is 10.5 Å². The number of fused-ring (bicyclic) bond motifs is 1. The molecule has 20 heavy (non-hydrogen) atoms. The van der Waals surface area contributed by atoms with Crippen molar-refractivity contribution < 1.29 is 9.53 Å². The van der Waals surface area contributed by atoms with Crippen LogP contribution in [0.5, 0.6) is 0 Å². The average Bonchev–Trinajstić information content (AvgIpc) is 2.96. The first-order valence-corrected chi connectivity index (χ1v) is 7.37. The van der Waals surface area contributed by atoms with Crippen molar-refractivity contribution in [2.24, 2.45) is 0 Å². The van der Waals surface area contributed by atoms with Gasteiger partial charge in [0.1, 0.15) is 10.5 Å². The van der Waals surface area contributed by atoms with Crippen LogP contribution in [0.25, 0.3) is 21.3 Å². The Morgan fingerprint density at radius 3 is 2.60 bits per heavy atom. The molecule has 0 aliphatic carbocycles. The van der Waals surface area contributed by atoms with E-state index >= 15 is 0 Å². The molecule has 0 spiro atoms. The summed E-state index contributed by atoms with van der Waals surface area (Å²) in [7, 11) is 1.35. The van der Waals surface area contributed by atoms with Gasteiger partial charge in [-0.05, 0) is 35.2 Å². The fraction of sp³-hybridized carbons (Fsp3) is 0.0714. The van der Waals surface area contributed by atoms with Gasteiger partial charge < -0.3 is 9.72 Å². The maximum absolute atomic E-state index is 11.9. The van der Waals surface area contributed by atoms with Crippen molar-refractivity contribution in [2.75, 3.05) is 7.11 Å². The van der Waals surface area contributed by atoms with Crippen LogP contribution < -0.4 is 0 Å². The van der Waals surface area contributed by atoms with Crippen LogP contribution in [0.4, 0.5) is 0 Å². The van der Waals surface area contributed by atoms with Crippen molar-refractivity contribution in [3.05, 3.63) is 45.4 Å². The van der Waals surface area contributed by atoms with Crippen LogP contribution >= 0.6 is 34.5 Å². The highest BCUT2D eigenvalue weighted by molar-refractivity contribution is 7.16. The molecular weight excluding hydrogens is 317 g/mol. The van der Waals surface area contributed by atoms with Gasteiger partial charge in [0, 0.05) is 21.0 Å².